The number of ketones is 1. The minimum Gasteiger partial charge on any atom is -0.294 e. The highest BCUT2D eigenvalue weighted by Crippen LogP contribution is 2.23. The van der Waals surface area contributed by atoms with Crippen LogP contribution >= 0.6 is 34.2 Å². The molecule has 6 heteroatoms. The van der Waals surface area contributed by atoms with Crippen LogP contribution in [0, 0.1) is 3.70 Å². The molecule has 0 radical (unpaired) electrons. The Morgan fingerprint density at radius 1 is 1.64 bits per heavy atom. The molecule has 0 saturated heterocycles. The summed E-state index contributed by atoms with van der Waals surface area (Å²) in [7, 11) is 0. The van der Waals surface area contributed by atoms with Gasteiger partial charge in [-0.05, 0) is 35.6 Å². The normalized spacial score (nSPS) is 10.8. The molecule has 0 aliphatic heterocycles. The third-order valence-corrected chi connectivity index (χ3v) is 2.80. The van der Waals surface area contributed by atoms with Crippen LogP contribution in [0.3, 0.4) is 0 Å². The quantitative estimate of drug-likeness (QED) is 0.498. The third-order valence-electron chi connectivity index (χ3n) is 1.83. The SMILES string of the molecule is CC(=O)c1cc(Cl)nc2n[nH]c(I)c12. The van der Waals surface area contributed by atoms with Crippen molar-refractivity contribution >= 4 is 51.0 Å². The second-order valence-electron chi connectivity index (χ2n) is 2.78. The van der Waals surface area contributed by atoms with Crippen LogP contribution in [0.5, 0.6) is 0 Å². The Morgan fingerprint density at radius 3 is 3.00 bits per heavy atom. The van der Waals surface area contributed by atoms with Crippen LogP contribution in [0.4, 0.5) is 0 Å². The fourth-order valence-electron chi connectivity index (χ4n) is 1.23. The Hall–Kier alpha value is -0.690. The predicted molar refractivity (Wildman–Crippen MR) is 61.6 cm³/mol. The van der Waals surface area contributed by atoms with Gasteiger partial charge in [0.05, 0.1) is 5.39 Å². The molecular weight excluding hydrogens is 316 g/mol. The summed E-state index contributed by atoms with van der Waals surface area (Å²) in [4.78, 5) is 15.3. The number of rotatable bonds is 1. The van der Waals surface area contributed by atoms with Crippen molar-refractivity contribution < 1.29 is 4.79 Å². The molecule has 0 amide bonds. The standard InChI is InChI=1S/C8H5ClIN3O/c1-3(14)4-2-5(9)11-8-6(4)7(10)12-13-8/h2H,1H3,(H,11,12,13). The van der Waals surface area contributed by atoms with E-state index in [-0.39, 0.29) is 10.9 Å². The number of pyridine rings is 1. The van der Waals surface area contributed by atoms with Crippen molar-refractivity contribution in [3.63, 3.8) is 0 Å². The van der Waals surface area contributed by atoms with Gasteiger partial charge >= 0.3 is 0 Å². The summed E-state index contributed by atoms with van der Waals surface area (Å²) in [5, 5.41) is 7.73. The minimum atomic E-state index is -0.0429. The smallest absolute Gasteiger partial charge is 0.184 e. The predicted octanol–water partition coefficient (Wildman–Crippen LogP) is 2.42. The second kappa shape index (κ2) is 3.47. The molecule has 2 aromatic heterocycles. The van der Waals surface area contributed by atoms with Gasteiger partial charge in [0.25, 0.3) is 0 Å². The Balaban J connectivity index is 2.90. The van der Waals surface area contributed by atoms with Crippen molar-refractivity contribution in [3.8, 4) is 0 Å². The molecule has 2 rings (SSSR count). The van der Waals surface area contributed by atoms with Crippen LogP contribution in [0.15, 0.2) is 6.07 Å². The largest absolute Gasteiger partial charge is 0.294 e. The molecule has 0 fully saturated rings. The number of fused-ring (bicyclic) bond motifs is 1. The number of hydrogen-bond donors (Lipinski definition) is 1. The van der Waals surface area contributed by atoms with Crippen LogP contribution in [0.1, 0.15) is 17.3 Å². The van der Waals surface area contributed by atoms with Crippen LogP contribution in [-0.2, 0) is 0 Å². The molecule has 2 aromatic rings. The second-order valence-corrected chi connectivity index (χ2v) is 4.25. The molecule has 0 spiro atoms. The van der Waals surface area contributed by atoms with Crippen molar-refractivity contribution in [2.24, 2.45) is 0 Å². The van der Waals surface area contributed by atoms with Crippen molar-refractivity contribution in [2.45, 2.75) is 6.92 Å². The number of nitrogens with zero attached hydrogens (tertiary/aromatic N) is 2. The summed E-state index contributed by atoms with van der Waals surface area (Å²) >= 11 is 7.83. The lowest BCUT2D eigenvalue weighted by Crippen LogP contribution is -1.95. The Morgan fingerprint density at radius 2 is 2.36 bits per heavy atom. The molecule has 0 unspecified atom stereocenters. The van der Waals surface area contributed by atoms with Gasteiger partial charge in [-0.25, -0.2) is 4.98 Å². The van der Waals surface area contributed by atoms with Crippen molar-refractivity contribution in [2.75, 3.05) is 0 Å². The molecule has 0 aliphatic rings. The first-order valence-electron chi connectivity index (χ1n) is 3.80. The molecule has 1 N–H and O–H groups in total. The van der Waals surface area contributed by atoms with E-state index >= 15 is 0 Å². The molecule has 2 heterocycles. The molecule has 0 aromatic carbocycles. The fraction of sp³-hybridized carbons (Fsp3) is 0.125. The minimum absolute atomic E-state index is 0.0429. The van der Waals surface area contributed by atoms with Gasteiger partial charge in [-0.2, -0.15) is 5.10 Å². The maximum atomic E-state index is 11.3. The number of hydrogen-bond acceptors (Lipinski definition) is 3. The number of aromatic nitrogens is 3. The van der Waals surface area contributed by atoms with Gasteiger partial charge < -0.3 is 0 Å². The third kappa shape index (κ3) is 1.50. The highest BCUT2D eigenvalue weighted by atomic mass is 127. The highest BCUT2D eigenvalue weighted by Gasteiger charge is 2.13. The van der Waals surface area contributed by atoms with Gasteiger partial charge in [0.1, 0.15) is 8.85 Å². The molecule has 0 atom stereocenters. The molecule has 0 aliphatic carbocycles. The van der Waals surface area contributed by atoms with E-state index in [4.69, 9.17) is 11.6 Å². The van der Waals surface area contributed by atoms with Gasteiger partial charge in [0.15, 0.2) is 11.4 Å². The lowest BCUT2D eigenvalue weighted by atomic mass is 10.1. The lowest BCUT2D eigenvalue weighted by molar-refractivity contribution is 0.101. The zero-order valence-corrected chi connectivity index (χ0v) is 10.0. The van der Waals surface area contributed by atoms with E-state index in [0.29, 0.717) is 11.2 Å². The summed E-state index contributed by atoms with van der Waals surface area (Å²) in [5.74, 6) is -0.0429. The van der Waals surface area contributed by atoms with E-state index in [0.717, 1.165) is 9.09 Å². The average Bonchev–Trinajstić information content (AvgIpc) is 2.46. The number of carbonyl (C=O) groups is 1. The van der Waals surface area contributed by atoms with Crippen molar-refractivity contribution in [1.29, 1.82) is 0 Å². The molecule has 14 heavy (non-hydrogen) atoms. The van der Waals surface area contributed by atoms with E-state index in [2.05, 4.69) is 37.8 Å². The zero-order valence-electron chi connectivity index (χ0n) is 7.14. The Bertz CT molecular complexity index is 523. The van der Waals surface area contributed by atoms with Crippen molar-refractivity contribution in [3.05, 3.63) is 20.5 Å². The number of aromatic amines is 1. The first-order valence-corrected chi connectivity index (χ1v) is 5.26. The van der Waals surface area contributed by atoms with E-state index < -0.39 is 0 Å². The number of halogens is 2. The Kier molecular flexibility index (Phi) is 2.44. The first-order chi connectivity index (χ1) is 6.59. The van der Waals surface area contributed by atoms with Crippen LogP contribution in [0.25, 0.3) is 11.0 Å². The lowest BCUT2D eigenvalue weighted by Gasteiger charge is -1.98. The summed E-state index contributed by atoms with van der Waals surface area (Å²) in [5.41, 5.74) is 1.03. The number of H-pyrrole nitrogens is 1. The van der Waals surface area contributed by atoms with Crippen LogP contribution < -0.4 is 0 Å². The van der Waals surface area contributed by atoms with Gasteiger partial charge in [-0.1, -0.05) is 11.6 Å². The summed E-state index contributed by atoms with van der Waals surface area (Å²) in [6.07, 6.45) is 0. The van der Waals surface area contributed by atoms with Crippen molar-refractivity contribution in [1.82, 2.24) is 15.2 Å². The average molecular weight is 322 g/mol. The number of carbonyl (C=O) groups excluding carboxylic acids is 1. The van der Waals surface area contributed by atoms with Gasteiger partial charge in [0, 0.05) is 5.56 Å². The van der Waals surface area contributed by atoms with E-state index in [9.17, 15) is 4.79 Å². The summed E-state index contributed by atoms with van der Waals surface area (Å²) in [6, 6.07) is 1.56. The summed E-state index contributed by atoms with van der Waals surface area (Å²) in [6.45, 7) is 1.49. The number of nitrogens with one attached hydrogen (secondary N) is 1. The van der Waals surface area contributed by atoms with Crippen LogP contribution in [0.2, 0.25) is 5.15 Å². The van der Waals surface area contributed by atoms with E-state index in [1.54, 1.807) is 6.07 Å². The molecule has 0 bridgehead atoms. The fourth-order valence-corrected chi connectivity index (χ4v) is 2.08. The Labute approximate surface area is 98.2 Å². The van der Waals surface area contributed by atoms with E-state index in [1.807, 2.05) is 0 Å². The molecule has 4 nitrogen and oxygen atoms in total. The maximum Gasteiger partial charge on any atom is 0.184 e. The highest BCUT2D eigenvalue weighted by molar-refractivity contribution is 14.1. The monoisotopic (exact) mass is 321 g/mol. The van der Waals surface area contributed by atoms with Gasteiger partial charge in [-0.3, -0.25) is 9.89 Å². The van der Waals surface area contributed by atoms with Gasteiger partial charge in [0.2, 0.25) is 0 Å². The topological polar surface area (TPSA) is 58.6 Å². The zero-order chi connectivity index (χ0) is 10.3. The van der Waals surface area contributed by atoms with E-state index in [1.165, 1.54) is 6.92 Å². The first kappa shape index (κ1) is 9.85. The van der Waals surface area contributed by atoms with Gasteiger partial charge in [-0.15, -0.1) is 0 Å². The van der Waals surface area contributed by atoms with Crippen LogP contribution in [-0.4, -0.2) is 21.0 Å². The molecule has 0 saturated carbocycles. The summed E-state index contributed by atoms with van der Waals surface area (Å²) < 4.78 is 0.798. The molecular formula is C8H5ClIN3O. The molecule has 72 valence electrons. The maximum absolute atomic E-state index is 11.3. The number of Topliss-reactive ketones (excluding diaryl/α,β-unsaturated/α-hetero) is 1.